The van der Waals surface area contributed by atoms with Crippen LogP contribution in [0.4, 0.5) is 5.69 Å². The molecule has 0 radical (unpaired) electrons. The number of rotatable bonds is 3. The maximum Gasteiger partial charge on any atom is 0.119 e. The summed E-state index contributed by atoms with van der Waals surface area (Å²) >= 11 is 4.60. The highest BCUT2D eigenvalue weighted by Gasteiger charge is 1.89. The van der Waals surface area contributed by atoms with Gasteiger partial charge in [0.25, 0.3) is 0 Å². The molecule has 0 aliphatic heterocycles. The molecule has 0 fully saturated rings. The van der Waals surface area contributed by atoms with Crippen LogP contribution in [0.25, 0.3) is 0 Å². The molecule has 0 N–H and O–H groups in total. The summed E-state index contributed by atoms with van der Waals surface area (Å²) in [7, 11) is 1.63. The number of hydrogen-bond acceptors (Lipinski definition) is 3. The molecule has 0 spiro atoms. The van der Waals surface area contributed by atoms with Gasteiger partial charge in [-0.1, -0.05) is 12.2 Å². The van der Waals surface area contributed by atoms with E-state index in [9.17, 15) is 0 Å². The second kappa shape index (κ2) is 4.62. The molecule has 0 unspecified atom stereocenters. The average molecular weight is 179 g/mol. The van der Waals surface area contributed by atoms with Crippen molar-refractivity contribution in [2.75, 3.05) is 7.11 Å². The van der Waals surface area contributed by atoms with Crippen LogP contribution in [0.3, 0.4) is 0 Å². The number of thiocarbonyl (C=S) groups is 1. The second-order valence-corrected chi connectivity index (χ2v) is 2.38. The first-order valence-electron chi connectivity index (χ1n) is 3.48. The van der Waals surface area contributed by atoms with Gasteiger partial charge in [0.1, 0.15) is 5.75 Å². The summed E-state index contributed by atoms with van der Waals surface area (Å²) in [5, 5.41) is 1.48. The Morgan fingerprint density at radius 3 is 2.50 bits per heavy atom. The topological polar surface area (TPSA) is 21.6 Å². The summed E-state index contributed by atoms with van der Waals surface area (Å²) in [6.45, 7) is 0. The average Bonchev–Trinajstić information content (AvgIpc) is 2.15. The normalized spacial score (nSPS) is 10.1. The molecule has 1 aromatic rings. The van der Waals surface area contributed by atoms with E-state index >= 15 is 0 Å². The molecule has 0 aromatic heterocycles. The lowest BCUT2D eigenvalue weighted by Gasteiger charge is -1.97. The fourth-order valence-corrected chi connectivity index (χ4v) is 0.846. The zero-order valence-electron chi connectivity index (χ0n) is 6.73. The van der Waals surface area contributed by atoms with E-state index in [1.807, 2.05) is 24.3 Å². The zero-order valence-corrected chi connectivity index (χ0v) is 7.54. The number of ether oxygens (including phenoxy) is 1. The SMILES string of the molecule is COc1ccc(N=CC=S)cc1. The van der Waals surface area contributed by atoms with Gasteiger partial charge in [-0.3, -0.25) is 4.99 Å². The van der Waals surface area contributed by atoms with Gasteiger partial charge in [-0.2, -0.15) is 0 Å². The van der Waals surface area contributed by atoms with Crippen LogP contribution in [0.2, 0.25) is 0 Å². The first kappa shape index (κ1) is 8.87. The standard InChI is InChI=1S/C9H9NOS/c1-11-9-4-2-8(3-5-9)10-6-7-12/h2-7H,1H3. The Kier molecular flexibility index (Phi) is 3.41. The van der Waals surface area contributed by atoms with Gasteiger partial charge in [0.15, 0.2) is 0 Å². The molecule has 1 aromatic carbocycles. The molecular weight excluding hydrogens is 170 g/mol. The monoisotopic (exact) mass is 179 g/mol. The Balaban J connectivity index is 2.77. The summed E-state index contributed by atoms with van der Waals surface area (Å²) in [6, 6.07) is 7.45. The lowest BCUT2D eigenvalue weighted by molar-refractivity contribution is 0.415. The van der Waals surface area contributed by atoms with E-state index < -0.39 is 0 Å². The van der Waals surface area contributed by atoms with Crippen LogP contribution in [0.5, 0.6) is 5.75 Å². The van der Waals surface area contributed by atoms with Crippen molar-refractivity contribution in [2.24, 2.45) is 4.99 Å². The molecule has 0 aliphatic carbocycles. The van der Waals surface area contributed by atoms with Crippen molar-refractivity contribution in [1.29, 1.82) is 0 Å². The molecule has 3 heteroatoms. The summed E-state index contributed by atoms with van der Waals surface area (Å²) in [6.07, 6.45) is 1.58. The van der Waals surface area contributed by atoms with Crippen molar-refractivity contribution in [3.63, 3.8) is 0 Å². The molecule has 0 atom stereocenters. The van der Waals surface area contributed by atoms with Gasteiger partial charge in [0.2, 0.25) is 0 Å². The van der Waals surface area contributed by atoms with E-state index in [-0.39, 0.29) is 0 Å². The highest BCUT2D eigenvalue weighted by molar-refractivity contribution is 7.80. The minimum atomic E-state index is 0.830. The van der Waals surface area contributed by atoms with Crippen LogP contribution in [-0.4, -0.2) is 18.7 Å². The van der Waals surface area contributed by atoms with E-state index in [1.54, 1.807) is 13.3 Å². The van der Waals surface area contributed by atoms with E-state index in [0.29, 0.717) is 0 Å². The zero-order chi connectivity index (χ0) is 8.81. The summed E-state index contributed by atoms with van der Waals surface area (Å²) in [5.74, 6) is 0.830. The van der Waals surface area contributed by atoms with Gasteiger partial charge in [-0.25, -0.2) is 0 Å². The second-order valence-electron chi connectivity index (χ2n) is 2.11. The van der Waals surface area contributed by atoms with Gasteiger partial charge in [0, 0.05) is 11.6 Å². The van der Waals surface area contributed by atoms with Crippen molar-refractivity contribution in [3.05, 3.63) is 24.3 Å². The minimum Gasteiger partial charge on any atom is -0.497 e. The third-order valence-corrected chi connectivity index (χ3v) is 1.48. The van der Waals surface area contributed by atoms with E-state index in [4.69, 9.17) is 4.74 Å². The third kappa shape index (κ3) is 2.43. The molecule has 0 saturated carbocycles. The number of aliphatic imine (C=N–C) groups is 1. The van der Waals surface area contributed by atoms with Crippen molar-refractivity contribution in [3.8, 4) is 5.75 Å². The van der Waals surface area contributed by atoms with Crippen LogP contribution in [0.15, 0.2) is 29.3 Å². The number of methoxy groups -OCH3 is 1. The molecular formula is C9H9NOS. The van der Waals surface area contributed by atoms with E-state index in [1.165, 1.54) is 5.37 Å². The lowest BCUT2D eigenvalue weighted by Crippen LogP contribution is -1.80. The van der Waals surface area contributed by atoms with Crippen LogP contribution in [-0.2, 0) is 0 Å². The van der Waals surface area contributed by atoms with Crippen molar-refractivity contribution >= 4 is 29.5 Å². The molecule has 0 aliphatic rings. The lowest BCUT2D eigenvalue weighted by atomic mass is 10.3. The van der Waals surface area contributed by atoms with Crippen LogP contribution in [0, 0.1) is 0 Å². The molecule has 12 heavy (non-hydrogen) atoms. The quantitative estimate of drug-likeness (QED) is 0.525. The van der Waals surface area contributed by atoms with Crippen molar-refractivity contribution < 1.29 is 4.74 Å². The number of nitrogens with zero attached hydrogens (tertiary/aromatic N) is 1. The first-order chi connectivity index (χ1) is 5.86. The first-order valence-corrected chi connectivity index (χ1v) is 3.96. The Hall–Kier alpha value is -1.22. The van der Waals surface area contributed by atoms with Crippen LogP contribution in [0.1, 0.15) is 0 Å². The predicted octanol–water partition coefficient (Wildman–Crippen LogP) is 2.40. The Labute approximate surface area is 76.9 Å². The smallest absolute Gasteiger partial charge is 0.119 e. The molecule has 0 saturated heterocycles. The van der Waals surface area contributed by atoms with Gasteiger partial charge >= 0.3 is 0 Å². The highest BCUT2D eigenvalue weighted by Crippen LogP contribution is 2.16. The number of benzene rings is 1. The largest absolute Gasteiger partial charge is 0.497 e. The maximum absolute atomic E-state index is 4.99. The summed E-state index contributed by atoms with van der Waals surface area (Å²) in [5.41, 5.74) is 0.872. The van der Waals surface area contributed by atoms with Gasteiger partial charge in [-0.05, 0) is 24.3 Å². The number of hydrogen-bond donors (Lipinski definition) is 0. The Morgan fingerprint density at radius 1 is 1.33 bits per heavy atom. The molecule has 0 heterocycles. The van der Waals surface area contributed by atoms with Crippen LogP contribution >= 0.6 is 12.2 Å². The molecule has 0 bridgehead atoms. The highest BCUT2D eigenvalue weighted by atomic mass is 32.1. The van der Waals surface area contributed by atoms with Crippen LogP contribution < -0.4 is 4.74 Å². The molecule has 1 rings (SSSR count). The van der Waals surface area contributed by atoms with Gasteiger partial charge in [-0.15, -0.1) is 0 Å². The van der Waals surface area contributed by atoms with Gasteiger partial charge < -0.3 is 4.74 Å². The maximum atomic E-state index is 4.99. The summed E-state index contributed by atoms with van der Waals surface area (Å²) < 4.78 is 4.99. The summed E-state index contributed by atoms with van der Waals surface area (Å²) in [4.78, 5) is 4.06. The minimum absolute atomic E-state index is 0.830. The Bertz CT molecular complexity index is 279. The van der Waals surface area contributed by atoms with E-state index in [0.717, 1.165) is 11.4 Å². The molecule has 62 valence electrons. The Morgan fingerprint density at radius 2 is 2.00 bits per heavy atom. The van der Waals surface area contributed by atoms with Gasteiger partial charge in [0.05, 0.1) is 12.8 Å². The molecule has 0 amide bonds. The molecule has 2 nitrogen and oxygen atoms in total. The predicted molar refractivity (Wildman–Crippen MR) is 54.8 cm³/mol. The third-order valence-electron chi connectivity index (χ3n) is 1.36. The fourth-order valence-electron chi connectivity index (χ4n) is 0.785. The fraction of sp³-hybridized carbons (Fsp3) is 0.111. The van der Waals surface area contributed by atoms with Crippen molar-refractivity contribution in [1.82, 2.24) is 0 Å². The van der Waals surface area contributed by atoms with Crippen molar-refractivity contribution in [2.45, 2.75) is 0 Å². The van der Waals surface area contributed by atoms with E-state index in [2.05, 4.69) is 17.2 Å².